The molecule has 1 aromatic rings. The second kappa shape index (κ2) is 6.68. The third-order valence-corrected chi connectivity index (χ3v) is 4.55. The SMILES string of the molecule is Cc1cc(C)c(C(C)NCC2CCC(O)CC2)c(C)n1. The monoisotopic (exact) mass is 276 g/mol. The first-order chi connectivity index (χ1) is 9.47. The van der Waals surface area contributed by atoms with Gasteiger partial charge in [0.2, 0.25) is 0 Å². The normalized spacial score (nSPS) is 24.6. The summed E-state index contributed by atoms with van der Waals surface area (Å²) in [6.07, 6.45) is 4.15. The van der Waals surface area contributed by atoms with E-state index in [1.807, 2.05) is 0 Å². The highest BCUT2D eigenvalue weighted by molar-refractivity contribution is 5.33. The van der Waals surface area contributed by atoms with E-state index in [-0.39, 0.29) is 6.10 Å². The van der Waals surface area contributed by atoms with E-state index in [1.54, 1.807) is 0 Å². The van der Waals surface area contributed by atoms with Gasteiger partial charge in [-0.05, 0) is 83.0 Å². The fourth-order valence-corrected chi connectivity index (χ4v) is 3.48. The number of nitrogens with zero attached hydrogens (tertiary/aromatic N) is 1. The first kappa shape index (κ1) is 15.5. The van der Waals surface area contributed by atoms with Gasteiger partial charge in [-0.3, -0.25) is 4.98 Å². The molecule has 1 unspecified atom stereocenters. The van der Waals surface area contributed by atoms with Gasteiger partial charge in [-0.2, -0.15) is 0 Å². The van der Waals surface area contributed by atoms with Crippen molar-refractivity contribution >= 4 is 0 Å². The van der Waals surface area contributed by atoms with Gasteiger partial charge >= 0.3 is 0 Å². The van der Waals surface area contributed by atoms with Gasteiger partial charge in [-0.15, -0.1) is 0 Å². The number of hydrogen-bond acceptors (Lipinski definition) is 3. The van der Waals surface area contributed by atoms with Gasteiger partial charge in [0.25, 0.3) is 0 Å². The summed E-state index contributed by atoms with van der Waals surface area (Å²) in [5.74, 6) is 0.708. The average molecular weight is 276 g/mol. The fourth-order valence-electron chi connectivity index (χ4n) is 3.48. The molecule has 1 aromatic heterocycles. The molecule has 1 aliphatic carbocycles. The predicted octanol–water partition coefficient (Wildman–Crippen LogP) is 3.21. The number of aliphatic hydroxyl groups is 1. The Labute approximate surface area is 122 Å². The molecule has 1 heterocycles. The van der Waals surface area contributed by atoms with Crippen molar-refractivity contribution in [2.24, 2.45) is 5.92 Å². The molecule has 112 valence electrons. The largest absolute Gasteiger partial charge is 0.393 e. The summed E-state index contributed by atoms with van der Waals surface area (Å²) >= 11 is 0. The molecule has 0 aliphatic heterocycles. The summed E-state index contributed by atoms with van der Waals surface area (Å²) in [5.41, 5.74) is 4.90. The van der Waals surface area contributed by atoms with Crippen LogP contribution < -0.4 is 5.32 Å². The van der Waals surface area contributed by atoms with Crippen LogP contribution in [0.2, 0.25) is 0 Å². The van der Waals surface area contributed by atoms with E-state index in [2.05, 4.69) is 44.1 Å². The van der Waals surface area contributed by atoms with E-state index in [0.717, 1.165) is 43.6 Å². The zero-order valence-corrected chi connectivity index (χ0v) is 13.2. The molecule has 1 fully saturated rings. The van der Waals surface area contributed by atoms with Crippen LogP contribution in [0.3, 0.4) is 0 Å². The predicted molar refractivity (Wildman–Crippen MR) is 82.8 cm³/mol. The van der Waals surface area contributed by atoms with E-state index >= 15 is 0 Å². The lowest BCUT2D eigenvalue weighted by atomic mass is 9.87. The average Bonchev–Trinajstić information content (AvgIpc) is 2.37. The van der Waals surface area contributed by atoms with Gasteiger partial charge in [-0.25, -0.2) is 0 Å². The molecule has 0 bridgehead atoms. The molecule has 0 radical (unpaired) electrons. The van der Waals surface area contributed by atoms with Crippen molar-refractivity contribution in [3.05, 3.63) is 28.6 Å². The van der Waals surface area contributed by atoms with Crippen molar-refractivity contribution in [2.75, 3.05) is 6.54 Å². The highest BCUT2D eigenvalue weighted by Crippen LogP contribution is 2.25. The third kappa shape index (κ3) is 3.80. The Morgan fingerprint density at radius 1 is 1.25 bits per heavy atom. The Hall–Kier alpha value is -0.930. The van der Waals surface area contributed by atoms with E-state index in [4.69, 9.17) is 0 Å². The Bertz CT molecular complexity index is 427. The van der Waals surface area contributed by atoms with Crippen molar-refractivity contribution in [2.45, 2.75) is 65.5 Å². The lowest BCUT2D eigenvalue weighted by Gasteiger charge is -2.27. The molecule has 3 nitrogen and oxygen atoms in total. The molecular formula is C17H28N2O. The summed E-state index contributed by atoms with van der Waals surface area (Å²) in [6, 6.07) is 2.51. The van der Waals surface area contributed by atoms with Gasteiger partial charge in [0.15, 0.2) is 0 Å². The Kier molecular flexibility index (Phi) is 5.17. The minimum atomic E-state index is -0.0607. The van der Waals surface area contributed by atoms with Crippen LogP contribution in [-0.2, 0) is 0 Å². The van der Waals surface area contributed by atoms with Crippen LogP contribution in [0.1, 0.15) is 61.2 Å². The number of aryl methyl sites for hydroxylation is 3. The topological polar surface area (TPSA) is 45.1 Å². The maximum Gasteiger partial charge on any atom is 0.0540 e. The number of hydrogen-bond donors (Lipinski definition) is 2. The van der Waals surface area contributed by atoms with Crippen LogP contribution in [0.5, 0.6) is 0 Å². The van der Waals surface area contributed by atoms with Gasteiger partial charge in [0.05, 0.1) is 6.10 Å². The summed E-state index contributed by atoms with van der Waals surface area (Å²) in [7, 11) is 0. The summed E-state index contributed by atoms with van der Waals surface area (Å²) < 4.78 is 0. The minimum Gasteiger partial charge on any atom is -0.393 e. The van der Waals surface area contributed by atoms with E-state index < -0.39 is 0 Å². The minimum absolute atomic E-state index is 0.0607. The van der Waals surface area contributed by atoms with Crippen LogP contribution in [-0.4, -0.2) is 22.7 Å². The second-order valence-electron chi connectivity index (χ2n) is 6.38. The van der Waals surface area contributed by atoms with Crippen molar-refractivity contribution in [3.8, 4) is 0 Å². The van der Waals surface area contributed by atoms with Crippen molar-refractivity contribution in [1.82, 2.24) is 10.3 Å². The van der Waals surface area contributed by atoms with Crippen molar-refractivity contribution < 1.29 is 5.11 Å². The van der Waals surface area contributed by atoms with Gasteiger partial charge in [0.1, 0.15) is 0 Å². The number of aromatic nitrogens is 1. The highest BCUT2D eigenvalue weighted by atomic mass is 16.3. The molecule has 0 saturated heterocycles. The summed E-state index contributed by atoms with van der Waals surface area (Å²) in [6.45, 7) is 9.59. The van der Waals surface area contributed by atoms with Gasteiger partial charge in [0, 0.05) is 17.4 Å². The van der Waals surface area contributed by atoms with E-state index in [9.17, 15) is 5.11 Å². The summed E-state index contributed by atoms with van der Waals surface area (Å²) in [5, 5.41) is 13.2. The number of pyridine rings is 1. The molecular weight excluding hydrogens is 248 g/mol. The highest BCUT2D eigenvalue weighted by Gasteiger charge is 2.20. The lowest BCUT2D eigenvalue weighted by molar-refractivity contribution is 0.108. The number of nitrogens with one attached hydrogen (secondary N) is 1. The molecule has 1 saturated carbocycles. The van der Waals surface area contributed by atoms with Crippen LogP contribution in [0.25, 0.3) is 0 Å². The van der Waals surface area contributed by atoms with E-state index in [0.29, 0.717) is 12.0 Å². The molecule has 3 heteroatoms. The Morgan fingerprint density at radius 2 is 1.90 bits per heavy atom. The van der Waals surface area contributed by atoms with Gasteiger partial charge in [-0.1, -0.05) is 0 Å². The zero-order valence-electron chi connectivity index (χ0n) is 13.2. The van der Waals surface area contributed by atoms with Crippen molar-refractivity contribution in [3.63, 3.8) is 0 Å². The molecule has 1 atom stereocenters. The molecule has 2 rings (SSSR count). The molecule has 2 N–H and O–H groups in total. The van der Waals surface area contributed by atoms with Crippen LogP contribution >= 0.6 is 0 Å². The maximum atomic E-state index is 9.55. The summed E-state index contributed by atoms with van der Waals surface area (Å²) in [4.78, 5) is 4.59. The van der Waals surface area contributed by atoms with Crippen LogP contribution in [0.4, 0.5) is 0 Å². The van der Waals surface area contributed by atoms with Gasteiger partial charge < -0.3 is 10.4 Å². The molecule has 0 spiro atoms. The molecule has 1 aliphatic rings. The Balaban J connectivity index is 1.93. The fraction of sp³-hybridized carbons (Fsp3) is 0.706. The number of aliphatic hydroxyl groups excluding tert-OH is 1. The first-order valence-electron chi connectivity index (χ1n) is 7.83. The molecule has 0 aromatic carbocycles. The molecule has 0 amide bonds. The van der Waals surface area contributed by atoms with Crippen LogP contribution in [0.15, 0.2) is 6.07 Å². The lowest BCUT2D eigenvalue weighted by Crippen LogP contribution is -2.30. The second-order valence-corrected chi connectivity index (χ2v) is 6.38. The Morgan fingerprint density at radius 3 is 2.50 bits per heavy atom. The third-order valence-electron chi connectivity index (χ3n) is 4.55. The zero-order chi connectivity index (χ0) is 14.7. The quantitative estimate of drug-likeness (QED) is 0.887. The van der Waals surface area contributed by atoms with Crippen molar-refractivity contribution in [1.29, 1.82) is 0 Å². The number of rotatable bonds is 4. The standard InChI is InChI=1S/C17H28N2O/c1-11-9-12(2)19-14(4)17(11)13(3)18-10-15-5-7-16(20)8-6-15/h9,13,15-16,18,20H,5-8,10H2,1-4H3. The van der Waals surface area contributed by atoms with Crippen LogP contribution in [0, 0.1) is 26.7 Å². The molecule has 20 heavy (non-hydrogen) atoms. The smallest absolute Gasteiger partial charge is 0.0540 e. The maximum absolute atomic E-state index is 9.55. The van der Waals surface area contributed by atoms with E-state index in [1.165, 1.54) is 11.1 Å². The first-order valence-corrected chi connectivity index (χ1v) is 7.83.